The quantitative estimate of drug-likeness (QED) is 0.182. The smallest absolute Gasteiger partial charge is 0.410 e. The number of rotatable bonds is 16. The van der Waals surface area contributed by atoms with Gasteiger partial charge in [-0.15, -0.1) is 0 Å². The van der Waals surface area contributed by atoms with Crippen molar-refractivity contribution in [2.75, 3.05) is 27.4 Å². The molecule has 3 aromatic carbocycles. The highest BCUT2D eigenvalue weighted by atomic mass is 16.6. The van der Waals surface area contributed by atoms with Gasteiger partial charge < -0.3 is 49.3 Å². The molecule has 4 rings (SSSR count). The van der Waals surface area contributed by atoms with E-state index in [0.717, 1.165) is 5.56 Å². The van der Waals surface area contributed by atoms with Crippen molar-refractivity contribution >= 4 is 24.0 Å². The van der Waals surface area contributed by atoms with Crippen molar-refractivity contribution in [2.24, 2.45) is 5.73 Å². The zero-order valence-corrected chi connectivity index (χ0v) is 28.3. The first kappa shape index (κ1) is 39.3. The molecule has 270 valence electrons. The molecule has 50 heavy (non-hydrogen) atoms. The topological polar surface area (TPSA) is 193 Å². The van der Waals surface area contributed by atoms with Crippen LogP contribution in [0.3, 0.4) is 0 Å². The van der Waals surface area contributed by atoms with Crippen molar-refractivity contribution in [1.29, 1.82) is 0 Å². The van der Waals surface area contributed by atoms with Crippen LogP contribution in [0.1, 0.15) is 36.5 Å². The Labute approximate surface area is 290 Å². The molecule has 0 radical (unpaired) electrons. The van der Waals surface area contributed by atoms with Crippen LogP contribution >= 0.6 is 0 Å². The van der Waals surface area contributed by atoms with Crippen molar-refractivity contribution < 1.29 is 57.8 Å². The minimum Gasteiger partial charge on any atom is -0.497 e. The number of hydrogen-bond donors (Lipinski definition) is 3. The SMILES string of the molecule is CCOC(=O)C[C@@H]1[C@@H](N)CCN1C(=O)OCc1ccccc1.COc1ccc(CO[C@H](C(=O)O)[C@H](OCc2ccc(OC)cc2)C(=O)O)cc1. The van der Waals surface area contributed by atoms with Gasteiger partial charge in [-0.25, -0.2) is 14.4 Å². The molecule has 1 amide bonds. The zero-order chi connectivity index (χ0) is 36.5. The van der Waals surface area contributed by atoms with Crippen LogP contribution in [0.2, 0.25) is 0 Å². The van der Waals surface area contributed by atoms with Crippen LogP contribution in [0.15, 0.2) is 78.9 Å². The summed E-state index contributed by atoms with van der Waals surface area (Å²) in [4.78, 5) is 48.5. The van der Waals surface area contributed by atoms with Crippen molar-refractivity contribution in [3.05, 3.63) is 95.6 Å². The zero-order valence-electron chi connectivity index (χ0n) is 28.3. The fraction of sp³-hybridized carbons (Fsp3) is 0.389. The Morgan fingerprint density at radius 1 is 0.740 bits per heavy atom. The second-order valence-corrected chi connectivity index (χ2v) is 11.1. The predicted octanol–water partition coefficient (Wildman–Crippen LogP) is 4.02. The number of likely N-dealkylation sites (tertiary alicyclic amines) is 1. The Morgan fingerprint density at radius 2 is 1.22 bits per heavy atom. The number of nitrogens with zero attached hydrogens (tertiary/aromatic N) is 1. The number of carbonyl (C=O) groups excluding carboxylic acids is 2. The number of carboxylic acids is 2. The second kappa shape index (κ2) is 20.4. The molecule has 0 bridgehead atoms. The lowest BCUT2D eigenvalue weighted by atomic mass is 10.1. The highest BCUT2D eigenvalue weighted by molar-refractivity contribution is 5.83. The van der Waals surface area contributed by atoms with Gasteiger partial charge in [-0.05, 0) is 54.3 Å². The maximum Gasteiger partial charge on any atom is 0.410 e. The highest BCUT2D eigenvalue weighted by Gasteiger charge is 2.38. The van der Waals surface area contributed by atoms with E-state index < -0.39 is 30.2 Å². The van der Waals surface area contributed by atoms with Crippen molar-refractivity contribution in [2.45, 2.75) is 63.9 Å². The number of methoxy groups -OCH3 is 2. The first-order chi connectivity index (χ1) is 24.1. The van der Waals surface area contributed by atoms with Crippen LogP contribution in [0.5, 0.6) is 11.5 Å². The van der Waals surface area contributed by atoms with Crippen LogP contribution in [-0.2, 0) is 53.2 Å². The van der Waals surface area contributed by atoms with E-state index in [1.54, 1.807) is 55.5 Å². The Bertz CT molecular complexity index is 1430. The van der Waals surface area contributed by atoms with Gasteiger partial charge in [0.25, 0.3) is 0 Å². The van der Waals surface area contributed by atoms with E-state index in [1.165, 1.54) is 19.1 Å². The van der Waals surface area contributed by atoms with E-state index in [-0.39, 0.29) is 44.3 Å². The standard InChI is InChI=1S/C20H22O8.C16H22N2O4/c1-25-15-7-3-13(4-8-15)11-27-17(19(21)22)18(20(23)24)28-12-14-5-9-16(26-2)10-6-14;1-2-21-15(19)10-14-13(17)8-9-18(14)16(20)22-11-12-6-4-3-5-7-12/h3-10,17-18H,11-12H2,1-2H3,(H,21,22)(H,23,24);3-7,13-14H,2,8-11,17H2,1H3/t17-,18-;13-,14+/m00/s1. The molecule has 0 aromatic heterocycles. The fourth-order valence-electron chi connectivity index (χ4n) is 4.95. The largest absolute Gasteiger partial charge is 0.497 e. The monoisotopic (exact) mass is 696 g/mol. The first-order valence-corrected chi connectivity index (χ1v) is 15.9. The van der Waals surface area contributed by atoms with Gasteiger partial charge in [0.05, 0.1) is 46.5 Å². The van der Waals surface area contributed by atoms with Crippen molar-refractivity contribution in [1.82, 2.24) is 4.90 Å². The number of aliphatic carboxylic acids is 2. The molecule has 14 nitrogen and oxygen atoms in total. The number of carboxylic acid groups (broad SMARTS) is 2. The van der Waals surface area contributed by atoms with Crippen molar-refractivity contribution in [3.63, 3.8) is 0 Å². The molecule has 14 heteroatoms. The lowest BCUT2D eigenvalue weighted by Crippen LogP contribution is -2.44. The molecule has 0 spiro atoms. The molecular formula is C36H44N2O12. The number of esters is 1. The summed E-state index contributed by atoms with van der Waals surface area (Å²) in [5.74, 6) is -1.90. The number of amides is 1. The fourth-order valence-corrected chi connectivity index (χ4v) is 4.95. The van der Waals surface area contributed by atoms with Gasteiger partial charge in [0.15, 0.2) is 12.2 Å². The number of hydrogen-bond acceptors (Lipinski definition) is 11. The van der Waals surface area contributed by atoms with E-state index >= 15 is 0 Å². The predicted molar refractivity (Wildman–Crippen MR) is 179 cm³/mol. The Kier molecular flexibility index (Phi) is 16.0. The molecule has 1 saturated heterocycles. The minimum atomic E-state index is -1.67. The van der Waals surface area contributed by atoms with Gasteiger partial charge in [0, 0.05) is 12.6 Å². The average Bonchev–Trinajstić information content (AvgIpc) is 3.48. The third kappa shape index (κ3) is 12.4. The van der Waals surface area contributed by atoms with Gasteiger partial charge >= 0.3 is 24.0 Å². The van der Waals surface area contributed by atoms with Crippen LogP contribution in [0.4, 0.5) is 4.79 Å². The molecule has 4 N–H and O–H groups in total. The Balaban J connectivity index is 0.000000278. The Morgan fingerprint density at radius 3 is 1.66 bits per heavy atom. The molecule has 1 aliphatic rings. The molecule has 4 atom stereocenters. The summed E-state index contributed by atoms with van der Waals surface area (Å²) in [6.45, 7) is 2.60. The third-order valence-corrected chi connectivity index (χ3v) is 7.66. The second-order valence-electron chi connectivity index (χ2n) is 11.1. The van der Waals surface area contributed by atoms with E-state index in [0.29, 0.717) is 42.2 Å². The number of benzene rings is 3. The summed E-state index contributed by atoms with van der Waals surface area (Å²) in [5, 5.41) is 18.8. The normalized spacial score (nSPS) is 16.3. The summed E-state index contributed by atoms with van der Waals surface area (Å²) in [7, 11) is 3.06. The van der Waals surface area contributed by atoms with Crippen LogP contribution in [0, 0.1) is 0 Å². The van der Waals surface area contributed by atoms with E-state index in [4.69, 9.17) is 34.2 Å². The van der Waals surface area contributed by atoms with E-state index in [2.05, 4.69) is 0 Å². The number of nitrogens with two attached hydrogens (primary N) is 1. The molecule has 0 saturated carbocycles. The van der Waals surface area contributed by atoms with E-state index in [9.17, 15) is 29.4 Å². The third-order valence-electron chi connectivity index (χ3n) is 7.66. The van der Waals surface area contributed by atoms with Gasteiger partial charge in [0.2, 0.25) is 0 Å². The average molecular weight is 697 g/mol. The summed E-state index contributed by atoms with van der Waals surface area (Å²) in [6.07, 6.45) is -3.01. The minimum absolute atomic E-state index is 0.0867. The van der Waals surface area contributed by atoms with Gasteiger partial charge in [-0.1, -0.05) is 54.6 Å². The summed E-state index contributed by atoms with van der Waals surface area (Å²) >= 11 is 0. The van der Waals surface area contributed by atoms with Gasteiger partial charge in [0.1, 0.15) is 18.1 Å². The maximum atomic E-state index is 12.2. The van der Waals surface area contributed by atoms with Crippen LogP contribution in [-0.4, -0.2) is 90.8 Å². The molecular weight excluding hydrogens is 652 g/mol. The lowest BCUT2D eigenvalue weighted by molar-refractivity contribution is -0.179. The summed E-state index contributed by atoms with van der Waals surface area (Å²) in [5.41, 5.74) is 8.26. The van der Waals surface area contributed by atoms with Gasteiger partial charge in [-0.2, -0.15) is 0 Å². The van der Waals surface area contributed by atoms with Crippen LogP contribution in [0.25, 0.3) is 0 Å². The van der Waals surface area contributed by atoms with Crippen LogP contribution < -0.4 is 15.2 Å². The first-order valence-electron chi connectivity index (χ1n) is 15.9. The maximum absolute atomic E-state index is 12.2. The summed E-state index contributed by atoms with van der Waals surface area (Å²) in [6, 6.07) is 22.5. The molecule has 0 unspecified atom stereocenters. The molecule has 1 aliphatic heterocycles. The molecule has 0 aliphatic carbocycles. The number of carbonyl (C=O) groups is 4. The molecule has 3 aromatic rings. The number of ether oxygens (including phenoxy) is 6. The lowest BCUT2D eigenvalue weighted by Gasteiger charge is -2.25. The van der Waals surface area contributed by atoms with Gasteiger partial charge in [-0.3, -0.25) is 4.79 Å². The van der Waals surface area contributed by atoms with Crippen molar-refractivity contribution in [3.8, 4) is 11.5 Å². The van der Waals surface area contributed by atoms with E-state index in [1.807, 2.05) is 30.3 Å². The summed E-state index contributed by atoms with van der Waals surface area (Å²) < 4.78 is 31.0. The molecule has 1 heterocycles. The highest BCUT2D eigenvalue weighted by Crippen LogP contribution is 2.22. The Hall–Kier alpha value is -5.18. The molecule has 1 fully saturated rings.